The van der Waals surface area contributed by atoms with Gasteiger partial charge in [-0.25, -0.2) is 4.68 Å². The normalized spacial score (nSPS) is 17.7. The standard InChI is InChI=1S/C24H31N3O4/c1-30-21-9-7-19(15-22(21)31-2)20-8-10-23(28)27(25-20)16-17-11-13-26(14-12-17)24(29)18-5-3-4-6-18/h7-10,15,17-18H,3-6,11-14,16H2,1-2H3. The van der Waals surface area contributed by atoms with E-state index in [2.05, 4.69) is 5.10 Å². The Morgan fingerprint density at radius 2 is 1.71 bits per heavy atom. The molecular formula is C24H31N3O4. The fourth-order valence-electron chi connectivity index (χ4n) is 4.74. The molecule has 1 aliphatic heterocycles. The third-order valence-corrected chi connectivity index (χ3v) is 6.61. The van der Waals surface area contributed by atoms with Crippen LogP contribution in [-0.2, 0) is 11.3 Å². The summed E-state index contributed by atoms with van der Waals surface area (Å²) in [4.78, 5) is 27.1. The summed E-state index contributed by atoms with van der Waals surface area (Å²) in [5, 5.41) is 4.61. The van der Waals surface area contributed by atoms with E-state index in [4.69, 9.17) is 9.47 Å². The van der Waals surface area contributed by atoms with Gasteiger partial charge in [0.2, 0.25) is 5.91 Å². The van der Waals surface area contributed by atoms with Crippen LogP contribution >= 0.6 is 0 Å². The van der Waals surface area contributed by atoms with Gasteiger partial charge in [0.05, 0.1) is 19.9 Å². The van der Waals surface area contributed by atoms with Crippen molar-refractivity contribution in [3.05, 3.63) is 40.7 Å². The number of piperidine rings is 1. The largest absolute Gasteiger partial charge is 0.493 e. The average molecular weight is 426 g/mol. The first-order chi connectivity index (χ1) is 15.1. The molecule has 166 valence electrons. The maximum atomic E-state index is 12.7. The third kappa shape index (κ3) is 4.75. The van der Waals surface area contributed by atoms with Gasteiger partial charge in [0.25, 0.3) is 5.56 Å². The molecule has 2 aliphatic rings. The van der Waals surface area contributed by atoms with E-state index in [-0.39, 0.29) is 11.5 Å². The van der Waals surface area contributed by atoms with Crippen molar-refractivity contribution in [2.45, 2.75) is 45.1 Å². The summed E-state index contributed by atoms with van der Waals surface area (Å²) in [6.07, 6.45) is 6.26. The first kappa shape index (κ1) is 21.4. The van der Waals surface area contributed by atoms with Crippen molar-refractivity contribution < 1.29 is 14.3 Å². The molecule has 2 fully saturated rings. The Bertz CT molecular complexity index is 973. The van der Waals surface area contributed by atoms with E-state index < -0.39 is 0 Å². The van der Waals surface area contributed by atoms with Crippen LogP contribution in [0.3, 0.4) is 0 Å². The summed E-state index contributed by atoms with van der Waals surface area (Å²) >= 11 is 0. The SMILES string of the molecule is COc1ccc(-c2ccc(=O)n(CC3CCN(C(=O)C4CCCC4)CC3)n2)cc1OC. The summed E-state index contributed by atoms with van der Waals surface area (Å²) in [5.74, 6) is 2.19. The Labute approximate surface area is 183 Å². The highest BCUT2D eigenvalue weighted by Gasteiger charge is 2.30. The molecule has 7 heteroatoms. The average Bonchev–Trinajstić information content (AvgIpc) is 3.35. The number of ether oxygens (including phenoxy) is 2. The Kier molecular flexibility index (Phi) is 6.59. The summed E-state index contributed by atoms with van der Waals surface area (Å²) in [7, 11) is 3.20. The van der Waals surface area contributed by atoms with Crippen LogP contribution in [0.2, 0.25) is 0 Å². The van der Waals surface area contributed by atoms with Crippen molar-refractivity contribution in [1.29, 1.82) is 0 Å². The number of nitrogens with zero attached hydrogens (tertiary/aromatic N) is 3. The molecule has 2 aromatic rings. The number of likely N-dealkylation sites (tertiary alicyclic amines) is 1. The molecule has 1 aliphatic carbocycles. The second-order valence-corrected chi connectivity index (χ2v) is 8.56. The van der Waals surface area contributed by atoms with Crippen molar-refractivity contribution in [3.8, 4) is 22.8 Å². The van der Waals surface area contributed by atoms with Gasteiger partial charge >= 0.3 is 0 Å². The zero-order valence-electron chi connectivity index (χ0n) is 18.4. The predicted molar refractivity (Wildman–Crippen MR) is 118 cm³/mol. The van der Waals surface area contributed by atoms with E-state index in [1.807, 2.05) is 23.1 Å². The molecule has 2 heterocycles. The molecule has 0 radical (unpaired) electrons. The molecule has 1 aromatic heterocycles. The highest BCUT2D eigenvalue weighted by atomic mass is 16.5. The van der Waals surface area contributed by atoms with Crippen LogP contribution in [0.1, 0.15) is 38.5 Å². The number of hydrogen-bond donors (Lipinski definition) is 0. The lowest BCUT2D eigenvalue weighted by atomic mass is 9.95. The van der Waals surface area contributed by atoms with E-state index >= 15 is 0 Å². The molecule has 1 aromatic carbocycles. The van der Waals surface area contributed by atoms with Crippen LogP contribution in [0.25, 0.3) is 11.3 Å². The quantitative estimate of drug-likeness (QED) is 0.710. The van der Waals surface area contributed by atoms with Crippen molar-refractivity contribution in [2.75, 3.05) is 27.3 Å². The number of rotatable bonds is 6. The molecule has 1 saturated carbocycles. The van der Waals surface area contributed by atoms with Gasteiger partial charge in [0, 0.05) is 37.2 Å². The van der Waals surface area contributed by atoms with Crippen LogP contribution in [0.15, 0.2) is 35.1 Å². The molecule has 1 amide bonds. The number of carbonyl (C=O) groups excluding carboxylic acids is 1. The topological polar surface area (TPSA) is 73.7 Å². The Hall–Kier alpha value is -2.83. The zero-order valence-corrected chi connectivity index (χ0v) is 18.4. The highest BCUT2D eigenvalue weighted by Crippen LogP contribution is 2.31. The van der Waals surface area contributed by atoms with Crippen LogP contribution in [0, 0.1) is 11.8 Å². The number of amides is 1. The Morgan fingerprint density at radius 3 is 2.39 bits per heavy atom. The van der Waals surface area contributed by atoms with E-state index in [9.17, 15) is 9.59 Å². The maximum absolute atomic E-state index is 12.7. The van der Waals surface area contributed by atoms with Gasteiger partial charge in [-0.15, -0.1) is 0 Å². The van der Waals surface area contributed by atoms with E-state index in [1.54, 1.807) is 31.0 Å². The second kappa shape index (κ2) is 9.54. The lowest BCUT2D eigenvalue weighted by Gasteiger charge is -2.33. The summed E-state index contributed by atoms with van der Waals surface area (Å²) < 4.78 is 12.2. The summed E-state index contributed by atoms with van der Waals surface area (Å²) in [6, 6.07) is 8.91. The van der Waals surface area contributed by atoms with Gasteiger partial charge in [0.15, 0.2) is 11.5 Å². The number of methoxy groups -OCH3 is 2. The summed E-state index contributed by atoms with van der Waals surface area (Å²) in [6.45, 7) is 2.14. The van der Waals surface area contributed by atoms with Gasteiger partial charge in [-0.3, -0.25) is 9.59 Å². The Balaban J connectivity index is 1.43. The molecule has 0 atom stereocenters. The van der Waals surface area contributed by atoms with Crippen LogP contribution in [0.5, 0.6) is 11.5 Å². The van der Waals surface area contributed by atoms with E-state index in [1.165, 1.54) is 12.8 Å². The first-order valence-electron chi connectivity index (χ1n) is 11.2. The Morgan fingerprint density at radius 1 is 1.00 bits per heavy atom. The van der Waals surface area contributed by atoms with Crippen molar-refractivity contribution in [2.24, 2.45) is 11.8 Å². The molecule has 0 N–H and O–H groups in total. The first-order valence-corrected chi connectivity index (χ1v) is 11.2. The monoisotopic (exact) mass is 425 g/mol. The number of carbonyl (C=O) groups is 1. The van der Waals surface area contributed by atoms with Gasteiger partial charge in [-0.1, -0.05) is 12.8 Å². The van der Waals surface area contributed by atoms with Crippen molar-refractivity contribution in [1.82, 2.24) is 14.7 Å². The molecule has 0 bridgehead atoms. The van der Waals surface area contributed by atoms with Gasteiger partial charge in [-0.05, 0) is 55.9 Å². The molecule has 0 spiro atoms. The van der Waals surface area contributed by atoms with Crippen molar-refractivity contribution in [3.63, 3.8) is 0 Å². The minimum atomic E-state index is -0.103. The molecule has 0 unspecified atom stereocenters. The molecular weight excluding hydrogens is 394 g/mol. The lowest BCUT2D eigenvalue weighted by Crippen LogP contribution is -2.42. The third-order valence-electron chi connectivity index (χ3n) is 6.61. The van der Waals surface area contributed by atoms with Gasteiger partial charge in [-0.2, -0.15) is 5.10 Å². The number of benzene rings is 1. The maximum Gasteiger partial charge on any atom is 0.266 e. The predicted octanol–water partition coefficient (Wildman–Crippen LogP) is 3.36. The van der Waals surface area contributed by atoms with Crippen LogP contribution < -0.4 is 15.0 Å². The van der Waals surface area contributed by atoms with Gasteiger partial charge < -0.3 is 14.4 Å². The highest BCUT2D eigenvalue weighted by molar-refractivity contribution is 5.79. The molecule has 4 rings (SSSR count). The zero-order chi connectivity index (χ0) is 21.8. The van der Waals surface area contributed by atoms with Crippen LogP contribution in [0.4, 0.5) is 0 Å². The summed E-state index contributed by atoms with van der Waals surface area (Å²) in [5.41, 5.74) is 1.48. The fourth-order valence-corrected chi connectivity index (χ4v) is 4.74. The lowest BCUT2D eigenvalue weighted by molar-refractivity contribution is -0.136. The minimum Gasteiger partial charge on any atom is -0.493 e. The minimum absolute atomic E-state index is 0.103. The smallest absolute Gasteiger partial charge is 0.266 e. The molecule has 1 saturated heterocycles. The second-order valence-electron chi connectivity index (χ2n) is 8.56. The molecule has 7 nitrogen and oxygen atoms in total. The van der Waals surface area contributed by atoms with Crippen molar-refractivity contribution >= 4 is 5.91 Å². The number of aromatic nitrogens is 2. The number of hydrogen-bond acceptors (Lipinski definition) is 5. The van der Waals surface area contributed by atoms with E-state index in [0.717, 1.165) is 50.0 Å². The van der Waals surface area contributed by atoms with Crippen LogP contribution in [-0.4, -0.2) is 47.9 Å². The van der Waals surface area contributed by atoms with Gasteiger partial charge in [0.1, 0.15) is 0 Å². The fraction of sp³-hybridized carbons (Fsp3) is 0.542. The van der Waals surface area contributed by atoms with E-state index in [0.29, 0.717) is 29.9 Å². The molecule has 31 heavy (non-hydrogen) atoms.